The van der Waals surface area contributed by atoms with Crippen molar-refractivity contribution < 1.29 is 18.7 Å². The van der Waals surface area contributed by atoms with E-state index in [1.54, 1.807) is 11.0 Å². The van der Waals surface area contributed by atoms with E-state index in [0.717, 1.165) is 64.5 Å². The van der Waals surface area contributed by atoms with Gasteiger partial charge in [-0.2, -0.15) is 5.10 Å². The SMILES string of the molecule is Cc1ccc(-c2cc(C(=O)N3CCC4(CCN(CCN5CCOCC5)C4=O)C3)n[nH]2)o1. The number of aromatic nitrogens is 2. The molecule has 166 valence electrons. The predicted octanol–water partition coefficient (Wildman–Crippen LogP) is 1.37. The molecule has 1 unspecified atom stereocenters. The predicted molar refractivity (Wildman–Crippen MR) is 112 cm³/mol. The zero-order chi connectivity index (χ0) is 21.4. The number of amides is 2. The van der Waals surface area contributed by atoms with Crippen molar-refractivity contribution in [3.05, 3.63) is 29.7 Å². The number of hydrogen-bond acceptors (Lipinski definition) is 6. The second kappa shape index (κ2) is 8.12. The van der Waals surface area contributed by atoms with E-state index < -0.39 is 5.41 Å². The molecule has 3 aliphatic heterocycles. The lowest BCUT2D eigenvalue weighted by Gasteiger charge is -2.29. The number of ether oxygens (including phenoxy) is 1. The van der Waals surface area contributed by atoms with Crippen molar-refractivity contribution in [3.63, 3.8) is 0 Å². The Hall–Kier alpha value is -2.65. The largest absolute Gasteiger partial charge is 0.460 e. The molecular weight excluding hydrogens is 398 g/mol. The number of rotatable bonds is 5. The molecule has 1 spiro atoms. The summed E-state index contributed by atoms with van der Waals surface area (Å²) in [5.74, 6) is 1.52. The minimum Gasteiger partial charge on any atom is -0.460 e. The van der Waals surface area contributed by atoms with Gasteiger partial charge in [-0.1, -0.05) is 0 Å². The lowest BCUT2D eigenvalue weighted by molar-refractivity contribution is -0.135. The highest BCUT2D eigenvalue weighted by Crippen LogP contribution is 2.41. The van der Waals surface area contributed by atoms with Gasteiger partial charge < -0.3 is 19.0 Å². The van der Waals surface area contributed by atoms with Gasteiger partial charge >= 0.3 is 0 Å². The standard InChI is InChI=1S/C22H29N5O4/c1-16-2-3-19(31-16)17-14-18(24-23-17)20(28)27-7-5-22(15-27)4-6-26(21(22)29)9-8-25-10-12-30-13-11-25/h2-3,14H,4-13,15H2,1H3,(H,23,24). The zero-order valence-electron chi connectivity index (χ0n) is 17.9. The molecule has 5 rings (SSSR count). The molecule has 0 radical (unpaired) electrons. The molecule has 3 fully saturated rings. The molecule has 9 nitrogen and oxygen atoms in total. The number of carbonyl (C=O) groups excluding carboxylic acids is 2. The third-order valence-electron chi connectivity index (χ3n) is 6.83. The minimum atomic E-state index is -0.433. The molecule has 5 heterocycles. The van der Waals surface area contributed by atoms with Crippen LogP contribution in [-0.2, 0) is 9.53 Å². The van der Waals surface area contributed by atoms with Gasteiger partial charge in [0.2, 0.25) is 5.91 Å². The number of morpholine rings is 1. The van der Waals surface area contributed by atoms with Gasteiger partial charge in [0.25, 0.3) is 5.91 Å². The van der Waals surface area contributed by atoms with Crippen molar-refractivity contribution in [1.82, 2.24) is 24.9 Å². The Balaban J connectivity index is 1.20. The van der Waals surface area contributed by atoms with Gasteiger partial charge in [0.15, 0.2) is 11.5 Å². The Labute approximate surface area is 181 Å². The molecule has 3 aliphatic rings. The van der Waals surface area contributed by atoms with E-state index >= 15 is 0 Å². The summed E-state index contributed by atoms with van der Waals surface area (Å²) in [6.45, 7) is 8.73. The normalized spacial score (nSPS) is 24.6. The van der Waals surface area contributed by atoms with E-state index in [9.17, 15) is 9.59 Å². The summed E-state index contributed by atoms with van der Waals surface area (Å²) in [6, 6.07) is 5.44. The van der Waals surface area contributed by atoms with Crippen LogP contribution < -0.4 is 0 Å². The third-order valence-corrected chi connectivity index (χ3v) is 6.83. The summed E-state index contributed by atoms with van der Waals surface area (Å²) >= 11 is 0. The molecular formula is C22H29N5O4. The van der Waals surface area contributed by atoms with E-state index in [1.807, 2.05) is 24.0 Å². The number of hydrogen-bond donors (Lipinski definition) is 1. The summed E-state index contributed by atoms with van der Waals surface area (Å²) in [5.41, 5.74) is 0.602. The topological polar surface area (TPSA) is 94.9 Å². The molecule has 9 heteroatoms. The maximum absolute atomic E-state index is 13.2. The highest BCUT2D eigenvalue weighted by atomic mass is 16.5. The molecule has 3 saturated heterocycles. The monoisotopic (exact) mass is 427 g/mol. The van der Waals surface area contributed by atoms with Crippen molar-refractivity contribution in [1.29, 1.82) is 0 Å². The van der Waals surface area contributed by atoms with Gasteiger partial charge in [-0.05, 0) is 31.9 Å². The summed E-state index contributed by atoms with van der Waals surface area (Å²) in [7, 11) is 0. The Morgan fingerprint density at radius 3 is 2.74 bits per heavy atom. The number of aryl methyl sites for hydroxylation is 1. The first-order valence-corrected chi connectivity index (χ1v) is 11.1. The molecule has 0 aromatic carbocycles. The fourth-order valence-corrected chi connectivity index (χ4v) is 4.92. The Morgan fingerprint density at radius 2 is 1.97 bits per heavy atom. The number of furan rings is 1. The average molecular weight is 428 g/mol. The van der Waals surface area contributed by atoms with E-state index in [2.05, 4.69) is 15.1 Å². The van der Waals surface area contributed by atoms with Gasteiger partial charge in [-0.15, -0.1) is 0 Å². The van der Waals surface area contributed by atoms with Gasteiger partial charge in [0.1, 0.15) is 11.5 Å². The highest BCUT2D eigenvalue weighted by Gasteiger charge is 2.51. The first kappa shape index (κ1) is 20.3. The second-order valence-electron chi connectivity index (χ2n) is 8.83. The van der Waals surface area contributed by atoms with Crippen LogP contribution in [0.25, 0.3) is 11.5 Å². The number of nitrogens with one attached hydrogen (secondary N) is 1. The van der Waals surface area contributed by atoms with Gasteiger partial charge in [-0.25, -0.2) is 0 Å². The Morgan fingerprint density at radius 1 is 1.16 bits per heavy atom. The fraction of sp³-hybridized carbons (Fsp3) is 0.591. The average Bonchev–Trinajstić information content (AvgIpc) is 3.57. The molecule has 2 amide bonds. The first-order chi connectivity index (χ1) is 15.0. The number of aromatic amines is 1. The first-order valence-electron chi connectivity index (χ1n) is 11.1. The fourth-order valence-electron chi connectivity index (χ4n) is 4.92. The molecule has 1 N–H and O–H groups in total. The molecule has 2 aromatic rings. The van der Waals surface area contributed by atoms with Crippen LogP contribution in [0.15, 0.2) is 22.6 Å². The Kier molecular flexibility index (Phi) is 5.31. The summed E-state index contributed by atoms with van der Waals surface area (Å²) in [5, 5.41) is 7.07. The van der Waals surface area contributed by atoms with Crippen molar-refractivity contribution in [2.45, 2.75) is 19.8 Å². The highest BCUT2D eigenvalue weighted by molar-refractivity contribution is 5.95. The number of H-pyrrole nitrogens is 1. The van der Waals surface area contributed by atoms with E-state index in [-0.39, 0.29) is 11.8 Å². The number of carbonyl (C=O) groups is 2. The van der Waals surface area contributed by atoms with Crippen molar-refractivity contribution in [3.8, 4) is 11.5 Å². The zero-order valence-corrected chi connectivity index (χ0v) is 17.9. The lowest BCUT2D eigenvalue weighted by Crippen LogP contribution is -2.43. The van der Waals surface area contributed by atoms with Crippen molar-refractivity contribution in [2.75, 3.05) is 59.0 Å². The van der Waals surface area contributed by atoms with E-state index in [0.29, 0.717) is 30.2 Å². The van der Waals surface area contributed by atoms with Crippen molar-refractivity contribution >= 4 is 11.8 Å². The second-order valence-corrected chi connectivity index (χ2v) is 8.83. The van der Waals surface area contributed by atoms with Crippen LogP contribution in [0.4, 0.5) is 0 Å². The minimum absolute atomic E-state index is 0.137. The smallest absolute Gasteiger partial charge is 0.274 e. The van der Waals surface area contributed by atoms with Gasteiger partial charge in [-0.3, -0.25) is 19.6 Å². The summed E-state index contributed by atoms with van der Waals surface area (Å²) < 4.78 is 11.0. The molecule has 1 atom stereocenters. The van der Waals surface area contributed by atoms with Crippen molar-refractivity contribution in [2.24, 2.45) is 5.41 Å². The number of likely N-dealkylation sites (tertiary alicyclic amines) is 2. The van der Waals surface area contributed by atoms with Gasteiger partial charge in [0.05, 0.1) is 18.6 Å². The molecule has 2 aromatic heterocycles. The van der Waals surface area contributed by atoms with Crippen LogP contribution >= 0.6 is 0 Å². The molecule has 31 heavy (non-hydrogen) atoms. The van der Waals surface area contributed by atoms with E-state index in [1.165, 1.54) is 0 Å². The van der Waals surface area contributed by atoms with Crippen LogP contribution in [0.2, 0.25) is 0 Å². The molecule has 0 aliphatic carbocycles. The lowest BCUT2D eigenvalue weighted by atomic mass is 9.85. The quantitative estimate of drug-likeness (QED) is 0.775. The summed E-state index contributed by atoms with van der Waals surface area (Å²) in [4.78, 5) is 32.3. The van der Waals surface area contributed by atoms with Crippen LogP contribution in [0.3, 0.4) is 0 Å². The van der Waals surface area contributed by atoms with Crippen LogP contribution in [0.5, 0.6) is 0 Å². The van der Waals surface area contributed by atoms with Gasteiger partial charge in [0, 0.05) is 51.9 Å². The maximum atomic E-state index is 13.2. The third kappa shape index (κ3) is 3.87. The maximum Gasteiger partial charge on any atom is 0.274 e. The Bertz CT molecular complexity index is 963. The van der Waals surface area contributed by atoms with Crippen LogP contribution in [-0.4, -0.2) is 95.7 Å². The van der Waals surface area contributed by atoms with Crippen LogP contribution in [0.1, 0.15) is 29.1 Å². The van der Waals surface area contributed by atoms with E-state index in [4.69, 9.17) is 9.15 Å². The molecule has 0 bridgehead atoms. The number of nitrogens with zero attached hydrogens (tertiary/aromatic N) is 4. The van der Waals surface area contributed by atoms with Crippen LogP contribution in [0, 0.1) is 12.3 Å². The summed E-state index contributed by atoms with van der Waals surface area (Å²) in [6.07, 6.45) is 1.54. The molecule has 0 saturated carbocycles.